The molecule has 0 radical (unpaired) electrons. The largest absolute Gasteiger partial charge is 0.388 e. The monoisotopic (exact) mass is 199 g/mol. The van der Waals surface area contributed by atoms with Crippen LogP contribution in [0.15, 0.2) is 0 Å². The summed E-state index contributed by atoms with van der Waals surface area (Å²) in [6.07, 6.45) is 4.39. The maximum absolute atomic E-state index is 7.19. The minimum absolute atomic E-state index is 0.294. The summed E-state index contributed by atoms with van der Waals surface area (Å²) in [5.74, 6) is 0.294. The van der Waals surface area contributed by atoms with Gasteiger partial charge in [-0.25, -0.2) is 0 Å². The number of hydrogen-bond donors (Lipinski definition) is 2. The molecule has 0 aromatic rings. The first-order valence-corrected chi connectivity index (χ1v) is 5.30. The smallest absolute Gasteiger partial charge is 0.0918 e. The zero-order valence-corrected chi connectivity index (χ0v) is 8.96. The molecule has 4 nitrogen and oxygen atoms in total. The van der Waals surface area contributed by atoms with Crippen molar-refractivity contribution < 1.29 is 4.74 Å². The number of ether oxygens (including phenoxy) is 1. The second-order valence-corrected chi connectivity index (χ2v) is 3.89. The summed E-state index contributed by atoms with van der Waals surface area (Å²) in [4.78, 5) is 2.43. The van der Waals surface area contributed by atoms with Gasteiger partial charge in [0.1, 0.15) is 0 Å². The molecule has 1 fully saturated rings. The fraction of sp³-hybridized carbons (Fsp3) is 0.900. The third-order valence-electron chi connectivity index (χ3n) is 2.53. The lowest BCUT2D eigenvalue weighted by Crippen LogP contribution is -2.31. The highest BCUT2D eigenvalue weighted by Gasteiger charge is 2.27. The Morgan fingerprint density at radius 2 is 2.21 bits per heavy atom. The molecule has 0 aliphatic heterocycles. The van der Waals surface area contributed by atoms with Crippen LogP contribution in [0, 0.1) is 5.41 Å². The maximum atomic E-state index is 7.19. The van der Waals surface area contributed by atoms with Crippen LogP contribution < -0.4 is 5.73 Å². The highest BCUT2D eigenvalue weighted by molar-refractivity contribution is 5.76. The molecule has 1 aliphatic carbocycles. The summed E-state index contributed by atoms with van der Waals surface area (Å²) in [5.41, 5.74) is 5.35. The molecule has 1 aliphatic rings. The molecule has 0 aromatic carbocycles. The van der Waals surface area contributed by atoms with Crippen LogP contribution >= 0.6 is 0 Å². The van der Waals surface area contributed by atoms with Gasteiger partial charge in [0, 0.05) is 39.3 Å². The Hall–Kier alpha value is -0.610. The van der Waals surface area contributed by atoms with Crippen LogP contribution in [0.5, 0.6) is 0 Å². The molecule has 0 heterocycles. The predicted molar refractivity (Wildman–Crippen MR) is 57.6 cm³/mol. The van der Waals surface area contributed by atoms with Gasteiger partial charge in [-0.05, 0) is 19.3 Å². The summed E-state index contributed by atoms with van der Waals surface area (Å²) in [5, 5.41) is 7.19. The van der Waals surface area contributed by atoms with E-state index in [1.54, 1.807) is 7.11 Å². The Labute approximate surface area is 85.9 Å². The Balaban J connectivity index is 2.14. The summed E-state index contributed by atoms with van der Waals surface area (Å²) in [6, 6.07) is 0.756. The normalized spacial score (nSPS) is 16.1. The van der Waals surface area contributed by atoms with Gasteiger partial charge in [-0.3, -0.25) is 10.3 Å². The third kappa shape index (κ3) is 4.58. The van der Waals surface area contributed by atoms with Crippen molar-refractivity contribution in [3.8, 4) is 0 Å². The number of hydrogen-bond acceptors (Lipinski definition) is 3. The van der Waals surface area contributed by atoms with E-state index in [0.29, 0.717) is 12.3 Å². The van der Waals surface area contributed by atoms with Crippen molar-refractivity contribution in [2.75, 3.05) is 26.8 Å². The van der Waals surface area contributed by atoms with Gasteiger partial charge in [0.05, 0.1) is 5.84 Å². The number of methoxy groups -OCH3 is 1. The van der Waals surface area contributed by atoms with Crippen LogP contribution in [0.4, 0.5) is 0 Å². The first kappa shape index (κ1) is 11.5. The van der Waals surface area contributed by atoms with Crippen molar-refractivity contribution in [2.24, 2.45) is 5.73 Å². The molecule has 0 atom stereocenters. The lowest BCUT2D eigenvalue weighted by molar-refractivity contribution is 0.170. The van der Waals surface area contributed by atoms with Crippen molar-refractivity contribution >= 4 is 5.84 Å². The molecule has 0 unspecified atom stereocenters. The van der Waals surface area contributed by atoms with E-state index in [1.807, 2.05) is 0 Å². The molecule has 1 saturated carbocycles. The summed E-state index contributed by atoms with van der Waals surface area (Å²) < 4.78 is 5.02. The molecule has 0 saturated heterocycles. The lowest BCUT2D eigenvalue weighted by Gasteiger charge is -2.21. The molecular formula is C10H21N3O. The van der Waals surface area contributed by atoms with Crippen molar-refractivity contribution in [1.29, 1.82) is 5.41 Å². The average Bonchev–Trinajstić information content (AvgIpc) is 2.94. The molecule has 14 heavy (non-hydrogen) atoms. The van der Waals surface area contributed by atoms with Gasteiger partial charge in [0.25, 0.3) is 0 Å². The Morgan fingerprint density at radius 1 is 1.50 bits per heavy atom. The van der Waals surface area contributed by atoms with Crippen molar-refractivity contribution in [3.05, 3.63) is 0 Å². The minimum Gasteiger partial charge on any atom is -0.388 e. The van der Waals surface area contributed by atoms with E-state index in [4.69, 9.17) is 15.9 Å². The van der Waals surface area contributed by atoms with Crippen molar-refractivity contribution in [1.82, 2.24) is 4.90 Å². The minimum atomic E-state index is 0.294. The SMILES string of the molecule is COCCCN(CCC(=N)N)C1CC1. The molecule has 1 rings (SSSR count). The van der Waals surface area contributed by atoms with E-state index in [1.165, 1.54) is 12.8 Å². The van der Waals surface area contributed by atoms with Crippen LogP contribution in [0.1, 0.15) is 25.7 Å². The van der Waals surface area contributed by atoms with Crippen molar-refractivity contribution in [3.63, 3.8) is 0 Å². The first-order chi connectivity index (χ1) is 6.74. The molecular weight excluding hydrogens is 178 g/mol. The molecule has 0 aromatic heterocycles. The third-order valence-corrected chi connectivity index (χ3v) is 2.53. The van der Waals surface area contributed by atoms with E-state index in [2.05, 4.69) is 4.90 Å². The van der Waals surface area contributed by atoms with Crippen LogP contribution in [-0.2, 0) is 4.74 Å². The van der Waals surface area contributed by atoms with E-state index in [-0.39, 0.29) is 0 Å². The average molecular weight is 199 g/mol. The number of nitrogens with two attached hydrogens (primary N) is 1. The Kier molecular flexibility index (Phi) is 4.90. The van der Waals surface area contributed by atoms with Gasteiger partial charge in [-0.2, -0.15) is 0 Å². The summed E-state index contributed by atoms with van der Waals surface area (Å²) in [6.45, 7) is 2.83. The van der Waals surface area contributed by atoms with Crippen LogP contribution in [0.2, 0.25) is 0 Å². The van der Waals surface area contributed by atoms with E-state index in [9.17, 15) is 0 Å². The predicted octanol–water partition coefficient (Wildman–Crippen LogP) is 0.813. The summed E-state index contributed by atoms with van der Waals surface area (Å²) in [7, 11) is 1.73. The fourth-order valence-electron chi connectivity index (χ4n) is 1.59. The zero-order valence-electron chi connectivity index (χ0n) is 8.96. The summed E-state index contributed by atoms with van der Waals surface area (Å²) >= 11 is 0. The number of nitrogens with one attached hydrogen (secondary N) is 1. The Bertz CT molecular complexity index is 180. The Morgan fingerprint density at radius 3 is 2.71 bits per heavy atom. The van der Waals surface area contributed by atoms with Crippen LogP contribution in [0.3, 0.4) is 0 Å². The highest BCUT2D eigenvalue weighted by atomic mass is 16.5. The second kappa shape index (κ2) is 5.98. The van der Waals surface area contributed by atoms with Gasteiger partial charge in [0.2, 0.25) is 0 Å². The van der Waals surface area contributed by atoms with E-state index >= 15 is 0 Å². The van der Waals surface area contributed by atoms with E-state index < -0.39 is 0 Å². The number of amidine groups is 1. The van der Waals surface area contributed by atoms with Crippen LogP contribution in [0.25, 0.3) is 0 Å². The fourth-order valence-corrected chi connectivity index (χ4v) is 1.59. The van der Waals surface area contributed by atoms with Gasteiger partial charge < -0.3 is 10.5 Å². The highest BCUT2D eigenvalue weighted by Crippen LogP contribution is 2.26. The standard InChI is InChI=1S/C10H21N3O/c1-14-8-2-6-13(9-3-4-9)7-5-10(11)12/h9H,2-8H2,1H3,(H3,11,12). The van der Waals surface area contributed by atoms with Gasteiger partial charge in [0.15, 0.2) is 0 Å². The van der Waals surface area contributed by atoms with E-state index in [0.717, 1.165) is 32.2 Å². The maximum Gasteiger partial charge on any atom is 0.0918 e. The van der Waals surface area contributed by atoms with Gasteiger partial charge in [-0.1, -0.05) is 0 Å². The zero-order chi connectivity index (χ0) is 10.4. The molecule has 0 bridgehead atoms. The molecule has 3 N–H and O–H groups in total. The molecule has 0 amide bonds. The number of rotatable bonds is 8. The second-order valence-electron chi connectivity index (χ2n) is 3.89. The van der Waals surface area contributed by atoms with Crippen molar-refractivity contribution in [2.45, 2.75) is 31.7 Å². The molecule has 0 spiro atoms. The first-order valence-electron chi connectivity index (χ1n) is 5.30. The topological polar surface area (TPSA) is 62.3 Å². The van der Waals surface area contributed by atoms with Crippen LogP contribution in [-0.4, -0.2) is 43.6 Å². The number of nitrogens with zero attached hydrogens (tertiary/aromatic N) is 1. The quantitative estimate of drug-likeness (QED) is 0.345. The van der Waals surface area contributed by atoms with Gasteiger partial charge >= 0.3 is 0 Å². The lowest BCUT2D eigenvalue weighted by atomic mass is 10.3. The molecule has 4 heteroatoms. The van der Waals surface area contributed by atoms with Gasteiger partial charge in [-0.15, -0.1) is 0 Å². The molecule has 82 valence electrons.